The molecule has 0 bridgehead atoms. The van der Waals surface area contributed by atoms with E-state index in [9.17, 15) is 9.59 Å². The Morgan fingerprint density at radius 2 is 2.21 bits per heavy atom. The number of nitrogens with zero attached hydrogens (tertiary/aromatic N) is 2. The summed E-state index contributed by atoms with van der Waals surface area (Å²) in [6, 6.07) is 3.14. The van der Waals surface area contributed by atoms with Crippen LogP contribution in [0.3, 0.4) is 0 Å². The van der Waals surface area contributed by atoms with Crippen LogP contribution in [0.4, 0.5) is 0 Å². The monoisotopic (exact) mass is 282 g/mol. The molecule has 0 N–H and O–H groups in total. The van der Waals surface area contributed by atoms with Gasteiger partial charge in [0.05, 0.1) is 13.0 Å². The van der Waals surface area contributed by atoms with E-state index in [0.29, 0.717) is 18.7 Å². The first-order chi connectivity index (χ1) is 9.02. The number of aromatic nitrogens is 1. The van der Waals surface area contributed by atoms with Gasteiger partial charge in [-0.15, -0.1) is 0 Å². The second-order valence-electron chi connectivity index (χ2n) is 4.68. The quantitative estimate of drug-likeness (QED) is 0.611. The van der Waals surface area contributed by atoms with Gasteiger partial charge in [0, 0.05) is 24.8 Å². The third-order valence-corrected chi connectivity index (χ3v) is 3.58. The number of hydrogen-bond acceptors (Lipinski definition) is 4. The summed E-state index contributed by atoms with van der Waals surface area (Å²) in [4.78, 5) is 29.4. The zero-order valence-corrected chi connectivity index (χ0v) is 11.6. The number of carbonyl (C=O) groups excluding carboxylic acids is 2. The molecule has 1 aromatic heterocycles. The topological polar surface area (TPSA) is 59.5 Å². The minimum Gasteiger partial charge on any atom is -0.469 e. The standard InChI is InChI=1S/C13H15ClN2O3/c1-8-6-16(7-10(8)13(18)19-2)12(17)9-3-4-15-11(14)5-9/h3-5,8,10H,6-7H2,1-2H3. The fourth-order valence-electron chi connectivity index (χ4n) is 2.31. The Morgan fingerprint density at radius 3 is 2.84 bits per heavy atom. The molecule has 1 aliphatic heterocycles. The van der Waals surface area contributed by atoms with Crippen molar-refractivity contribution in [3.8, 4) is 0 Å². The first-order valence-electron chi connectivity index (χ1n) is 6.01. The van der Waals surface area contributed by atoms with Gasteiger partial charge in [-0.05, 0) is 18.1 Å². The molecule has 2 heterocycles. The molecule has 1 aromatic rings. The van der Waals surface area contributed by atoms with E-state index in [0.717, 1.165) is 0 Å². The Bertz CT molecular complexity index is 506. The van der Waals surface area contributed by atoms with E-state index in [4.69, 9.17) is 16.3 Å². The molecule has 5 nitrogen and oxygen atoms in total. The number of ether oxygens (including phenoxy) is 1. The highest BCUT2D eigenvalue weighted by atomic mass is 35.5. The van der Waals surface area contributed by atoms with Gasteiger partial charge >= 0.3 is 5.97 Å². The highest BCUT2D eigenvalue weighted by molar-refractivity contribution is 6.29. The molecule has 1 saturated heterocycles. The van der Waals surface area contributed by atoms with Crippen molar-refractivity contribution in [2.24, 2.45) is 11.8 Å². The third kappa shape index (κ3) is 2.87. The number of likely N-dealkylation sites (tertiary alicyclic amines) is 1. The predicted molar refractivity (Wildman–Crippen MR) is 69.8 cm³/mol. The molecule has 19 heavy (non-hydrogen) atoms. The summed E-state index contributed by atoms with van der Waals surface area (Å²) in [7, 11) is 1.36. The highest BCUT2D eigenvalue weighted by Crippen LogP contribution is 2.25. The lowest BCUT2D eigenvalue weighted by Crippen LogP contribution is -2.30. The molecule has 0 aromatic carbocycles. The average Bonchev–Trinajstić information content (AvgIpc) is 2.79. The van der Waals surface area contributed by atoms with Gasteiger partial charge < -0.3 is 9.64 Å². The van der Waals surface area contributed by atoms with Gasteiger partial charge in [-0.2, -0.15) is 0 Å². The second kappa shape index (κ2) is 5.57. The first kappa shape index (κ1) is 13.8. The number of rotatable bonds is 2. The summed E-state index contributed by atoms with van der Waals surface area (Å²) in [5, 5.41) is 0.280. The summed E-state index contributed by atoms with van der Waals surface area (Å²) in [5.74, 6) is -0.571. The van der Waals surface area contributed by atoms with E-state index < -0.39 is 0 Å². The molecular weight excluding hydrogens is 268 g/mol. The largest absolute Gasteiger partial charge is 0.469 e. The summed E-state index contributed by atoms with van der Waals surface area (Å²) in [6.45, 7) is 2.86. The van der Waals surface area contributed by atoms with Crippen molar-refractivity contribution in [2.75, 3.05) is 20.2 Å². The zero-order valence-electron chi connectivity index (χ0n) is 10.8. The SMILES string of the molecule is COC(=O)C1CN(C(=O)c2ccnc(Cl)c2)CC1C. The molecule has 2 atom stereocenters. The van der Waals surface area contributed by atoms with Crippen molar-refractivity contribution in [3.63, 3.8) is 0 Å². The summed E-state index contributed by atoms with van der Waals surface area (Å²) in [5.41, 5.74) is 0.484. The predicted octanol–water partition coefficient (Wildman–Crippen LogP) is 1.62. The summed E-state index contributed by atoms with van der Waals surface area (Å²) < 4.78 is 4.75. The highest BCUT2D eigenvalue weighted by Gasteiger charge is 2.37. The van der Waals surface area contributed by atoms with Gasteiger partial charge in [0.2, 0.25) is 0 Å². The molecule has 2 unspecified atom stereocenters. The van der Waals surface area contributed by atoms with E-state index in [1.165, 1.54) is 19.4 Å². The maximum absolute atomic E-state index is 12.3. The Hall–Kier alpha value is -1.62. The molecule has 0 saturated carbocycles. The number of esters is 1. The Kier molecular flexibility index (Phi) is 4.04. The normalized spacial score (nSPS) is 22.4. The van der Waals surface area contributed by atoms with Crippen molar-refractivity contribution in [1.82, 2.24) is 9.88 Å². The molecule has 1 aliphatic rings. The molecular formula is C13H15ClN2O3. The van der Waals surface area contributed by atoms with Crippen LogP contribution in [0.1, 0.15) is 17.3 Å². The van der Waals surface area contributed by atoms with Crippen LogP contribution >= 0.6 is 11.6 Å². The van der Waals surface area contributed by atoms with E-state index in [1.54, 1.807) is 11.0 Å². The van der Waals surface area contributed by atoms with Crippen LogP contribution in [0.25, 0.3) is 0 Å². The zero-order chi connectivity index (χ0) is 14.0. The first-order valence-corrected chi connectivity index (χ1v) is 6.39. The van der Waals surface area contributed by atoms with Crippen molar-refractivity contribution < 1.29 is 14.3 Å². The Balaban J connectivity index is 2.12. The lowest BCUT2D eigenvalue weighted by molar-refractivity contribution is -0.146. The fourth-order valence-corrected chi connectivity index (χ4v) is 2.48. The lowest BCUT2D eigenvalue weighted by Gasteiger charge is -2.16. The van der Waals surface area contributed by atoms with Crippen LogP contribution in [0.2, 0.25) is 5.15 Å². The van der Waals surface area contributed by atoms with Gasteiger partial charge in [-0.3, -0.25) is 9.59 Å². The van der Waals surface area contributed by atoms with Gasteiger partial charge in [0.15, 0.2) is 0 Å². The van der Waals surface area contributed by atoms with Crippen molar-refractivity contribution >= 4 is 23.5 Å². The molecule has 2 rings (SSSR count). The summed E-state index contributed by atoms with van der Waals surface area (Å²) in [6.07, 6.45) is 1.49. The van der Waals surface area contributed by atoms with Crippen LogP contribution in [0.5, 0.6) is 0 Å². The maximum Gasteiger partial charge on any atom is 0.310 e. The van der Waals surface area contributed by atoms with Gasteiger partial charge in [-0.25, -0.2) is 4.98 Å². The van der Waals surface area contributed by atoms with Crippen molar-refractivity contribution in [2.45, 2.75) is 6.92 Å². The van der Waals surface area contributed by atoms with Crippen LogP contribution in [0, 0.1) is 11.8 Å². The van der Waals surface area contributed by atoms with Gasteiger partial charge in [0.1, 0.15) is 5.15 Å². The third-order valence-electron chi connectivity index (χ3n) is 3.38. The molecule has 6 heteroatoms. The van der Waals surface area contributed by atoms with Gasteiger partial charge in [-0.1, -0.05) is 18.5 Å². The number of pyridine rings is 1. The minimum absolute atomic E-state index is 0.0914. The summed E-state index contributed by atoms with van der Waals surface area (Å²) >= 11 is 5.77. The fraction of sp³-hybridized carbons (Fsp3) is 0.462. The van der Waals surface area contributed by atoms with Crippen molar-refractivity contribution in [3.05, 3.63) is 29.0 Å². The van der Waals surface area contributed by atoms with Gasteiger partial charge in [0.25, 0.3) is 5.91 Å². The molecule has 1 amide bonds. The van der Waals surface area contributed by atoms with Crippen molar-refractivity contribution in [1.29, 1.82) is 0 Å². The van der Waals surface area contributed by atoms with Crippen LogP contribution < -0.4 is 0 Å². The van der Waals surface area contributed by atoms with Crippen LogP contribution in [-0.4, -0.2) is 42.0 Å². The Labute approximate surface area is 116 Å². The van der Waals surface area contributed by atoms with Crippen LogP contribution in [0.15, 0.2) is 18.3 Å². The van der Waals surface area contributed by atoms with Crippen LogP contribution in [-0.2, 0) is 9.53 Å². The lowest BCUT2D eigenvalue weighted by atomic mass is 9.99. The van der Waals surface area contributed by atoms with E-state index in [2.05, 4.69) is 4.98 Å². The second-order valence-corrected chi connectivity index (χ2v) is 5.07. The Morgan fingerprint density at radius 1 is 1.47 bits per heavy atom. The maximum atomic E-state index is 12.3. The smallest absolute Gasteiger partial charge is 0.310 e. The number of carbonyl (C=O) groups is 2. The number of amides is 1. The molecule has 0 spiro atoms. The number of hydrogen-bond donors (Lipinski definition) is 0. The van der Waals surface area contributed by atoms with E-state index in [1.807, 2.05) is 6.92 Å². The number of halogens is 1. The molecule has 0 radical (unpaired) electrons. The molecule has 1 fully saturated rings. The van der Waals surface area contributed by atoms with E-state index >= 15 is 0 Å². The molecule has 0 aliphatic carbocycles. The minimum atomic E-state index is -0.268. The number of methoxy groups -OCH3 is 1. The van der Waals surface area contributed by atoms with E-state index in [-0.39, 0.29) is 28.9 Å². The average molecular weight is 283 g/mol. The molecule has 102 valence electrons.